The predicted molar refractivity (Wildman–Crippen MR) is 99.1 cm³/mol. The summed E-state index contributed by atoms with van der Waals surface area (Å²) in [4.78, 5) is 12.2. The molecule has 4 rings (SSSR count). The van der Waals surface area contributed by atoms with Crippen molar-refractivity contribution in [2.24, 2.45) is 22.7 Å². The first kappa shape index (κ1) is 17.1. The summed E-state index contributed by atoms with van der Waals surface area (Å²) in [6.07, 6.45) is 4.29. The van der Waals surface area contributed by atoms with E-state index in [0.717, 1.165) is 13.0 Å². The molecule has 1 N–H and O–H groups in total. The van der Waals surface area contributed by atoms with Crippen LogP contribution in [0.2, 0.25) is 0 Å². The number of hydrogen-bond donors (Lipinski definition) is 1. The van der Waals surface area contributed by atoms with Crippen LogP contribution in [0.25, 0.3) is 0 Å². The maximum Gasteiger partial charge on any atom is 0.219 e. The summed E-state index contributed by atoms with van der Waals surface area (Å²) in [7, 11) is 0. The van der Waals surface area contributed by atoms with Crippen LogP contribution in [-0.2, 0) is 9.53 Å². The van der Waals surface area contributed by atoms with Crippen molar-refractivity contribution in [2.45, 2.75) is 65.5 Å². The monoisotopic (exact) mass is 341 g/mol. The highest BCUT2D eigenvalue weighted by atomic mass is 16.5. The van der Waals surface area contributed by atoms with Crippen LogP contribution in [0.1, 0.15) is 63.7 Å². The Bertz CT molecular complexity index is 665. The molecule has 1 aliphatic heterocycles. The third-order valence-corrected chi connectivity index (χ3v) is 7.54. The van der Waals surface area contributed by atoms with Gasteiger partial charge in [-0.3, -0.25) is 4.79 Å². The number of hydrogen-bond acceptors (Lipinski definition) is 2. The van der Waals surface area contributed by atoms with E-state index in [9.17, 15) is 4.79 Å². The minimum atomic E-state index is 0.177. The fourth-order valence-corrected chi connectivity index (χ4v) is 6.14. The zero-order valence-electron chi connectivity index (χ0n) is 16.0. The van der Waals surface area contributed by atoms with E-state index < -0.39 is 0 Å². The summed E-state index contributed by atoms with van der Waals surface area (Å²) in [5.74, 6) is 1.38. The van der Waals surface area contributed by atoms with Crippen LogP contribution in [0.5, 0.6) is 0 Å². The van der Waals surface area contributed by atoms with Gasteiger partial charge in [0.25, 0.3) is 0 Å². The van der Waals surface area contributed by atoms with Crippen molar-refractivity contribution in [1.82, 2.24) is 5.32 Å². The highest BCUT2D eigenvalue weighted by Gasteiger charge is 2.68. The quantitative estimate of drug-likeness (QED) is 0.885. The highest BCUT2D eigenvalue weighted by Crippen LogP contribution is 2.70. The van der Waals surface area contributed by atoms with E-state index in [1.807, 2.05) is 6.92 Å². The van der Waals surface area contributed by atoms with Gasteiger partial charge in [0.2, 0.25) is 5.91 Å². The van der Waals surface area contributed by atoms with Gasteiger partial charge in [0.1, 0.15) is 0 Å². The zero-order chi connectivity index (χ0) is 17.8. The SMILES string of the molecule is CCC(=O)N[C@H]1C(C)(C)[C@@H]2C[C@@H]3[C@@H](c4ccc(C)cc4)OCCC31C2. The molecule has 3 aliphatic rings. The van der Waals surface area contributed by atoms with Crippen molar-refractivity contribution in [3.8, 4) is 0 Å². The lowest BCUT2D eigenvalue weighted by Crippen LogP contribution is -2.58. The predicted octanol–water partition coefficient (Wildman–Crippen LogP) is 4.40. The fourth-order valence-electron chi connectivity index (χ4n) is 6.14. The molecule has 1 aromatic carbocycles. The van der Waals surface area contributed by atoms with E-state index in [2.05, 4.69) is 50.4 Å². The standard InChI is InChI=1S/C22H31NO2/c1-5-18(24)23-20-21(3,4)16-12-17-19(15-8-6-14(2)7-9-15)25-11-10-22(17,20)13-16/h6-9,16-17,19-20H,5,10-13H2,1-4H3,(H,23,24)/t16-,17-,19-,20+,22?/m1/s1. The van der Waals surface area contributed by atoms with Crippen LogP contribution >= 0.6 is 0 Å². The molecule has 5 atom stereocenters. The van der Waals surface area contributed by atoms with E-state index in [1.54, 1.807) is 0 Å². The molecule has 2 aliphatic carbocycles. The van der Waals surface area contributed by atoms with Crippen molar-refractivity contribution >= 4 is 5.91 Å². The van der Waals surface area contributed by atoms with Gasteiger partial charge in [-0.05, 0) is 54.4 Å². The van der Waals surface area contributed by atoms with Crippen molar-refractivity contribution in [2.75, 3.05) is 6.61 Å². The van der Waals surface area contributed by atoms with Crippen LogP contribution < -0.4 is 5.32 Å². The number of amides is 1. The van der Waals surface area contributed by atoms with Crippen molar-refractivity contribution in [3.05, 3.63) is 35.4 Å². The average Bonchev–Trinajstić information content (AvgIpc) is 3.08. The molecule has 25 heavy (non-hydrogen) atoms. The molecule has 3 fully saturated rings. The van der Waals surface area contributed by atoms with Gasteiger partial charge in [0.05, 0.1) is 6.10 Å². The van der Waals surface area contributed by atoms with Crippen LogP contribution in [0, 0.1) is 29.6 Å². The van der Waals surface area contributed by atoms with Gasteiger partial charge in [-0.25, -0.2) is 0 Å². The number of ether oxygens (including phenoxy) is 1. The lowest BCUT2D eigenvalue weighted by molar-refractivity contribution is -0.137. The van der Waals surface area contributed by atoms with Crippen molar-refractivity contribution in [3.63, 3.8) is 0 Å². The Morgan fingerprint density at radius 3 is 2.68 bits per heavy atom. The van der Waals surface area contributed by atoms with E-state index in [1.165, 1.54) is 24.0 Å². The first-order valence-electron chi connectivity index (χ1n) is 9.86. The second-order valence-corrected chi connectivity index (χ2v) is 9.10. The number of benzene rings is 1. The first-order valence-corrected chi connectivity index (χ1v) is 9.86. The Morgan fingerprint density at radius 1 is 1.28 bits per heavy atom. The third-order valence-electron chi connectivity index (χ3n) is 7.54. The zero-order valence-corrected chi connectivity index (χ0v) is 16.0. The Morgan fingerprint density at radius 2 is 2.00 bits per heavy atom. The van der Waals surface area contributed by atoms with E-state index in [-0.39, 0.29) is 28.9 Å². The second kappa shape index (κ2) is 5.84. The van der Waals surface area contributed by atoms with Crippen LogP contribution in [0.4, 0.5) is 0 Å². The fraction of sp³-hybridized carbons (Fsp3) is 0.682. The normalized spacial score (nSPS) is 38.4. The van der Waals surface area contributed by atoms with Crippen molar-refractivity contribution < 1.29 is 9.53 Å². The van der Waals surface area contributed by atoms with Crippen LogP contribution in [0.3, 0.4) is 0 Å². The Balaban J connectivity index is 1.69. The Kier molecular flexibility index (Phi) is 3.99. The summed E-state index contributed by atoms with van der Waals surface area (Å²) in [5.41, 5.74) is 2.97. The maximum absolute atomic E-state index is 12.2. The molecular formula is C22H31NO2. The topological polar surface area (TPSA) is 38.3 Å². The number of nitrogens with one attached hydrogen (secondary N) is 1. The van der Waals surface area contributed by atoms with Gasteiger partial charge in [-0.15, -0.1) is 0 Å². The van der Waals surface area contributed by atoms with E-state index in [4.69, 9.17) is 4.74 Å². The third kappa shape index (κ3) is 2.46. The molecule has 1 heterocycles. The molecule has 0 radical (unpaired) electrons. The number of carbonyl (C=O) groups excluding carboxylic acids is 1. The largest absolute Gasteiger partial charge is 0.373 e. The summed E-state index contributed by atoms with van der Waals surface area (Å²) in [6.45, 7) is 9.60. The van der Waals surface area contributed by atoms with E-state index in [0.29, 0.717) is 18.3 Å². The lowest BCUT2D eigenvalue weighted by atomic mass is 9.59. The van der Waals surface area contributed by atoms with Gasteiger partial charge >= 0.3 is 0 Å². The highest BCUT2D eigenvalue weighted by molar-refractivity contribution is 5.76. The molecule has 1 unspecified atom stereocenters. The number of rotatable bonds is 3. The summed E-state index contributed by atoms with van der Waals surface area (Å²) >= 11 is 0. The number of fused-ring (bicyclic) bond motifs is 1. The molecule has 1 aromatic rings. The van der Waals surface area contributed by atoms with Gasteiger partial charge in [-0.2, -0.15) is 0 Å². The molecule has 3 heteroatoms. The molecule has 2 bridgehead atoms. The lowest BCUT2D eigenvalue weighted by Gasteiger charge is -2.53. The molecule has 3 nitrogen and oxygen atoms in total. The molecule has 1 amide bonds. The number of aryl methyl sites for hydroxylation is 1. The Hall–Kier alpha value is -1.35. The van der Waals surface area contributed by atoms with Crippen LogP contribution in [-0.4, -0.2) is 18.6 Å². The average molecular weight is 341 g/mol. The van der Waals surface area contributed by atoms with E-state index >= 15 is 0 Å². The molecule has 0 aromatic heterocycles. The molecule has 1 saturated heterocycles. The van der Waals surface area contributed by atoms with Crippen LogP contribution in [0.15, 0.2) is 24.3 Å². The molecular weight excluding hydrogens is 310 g/mol. The smallest absolute Gasteiger partial charge is 0.219 e. The molecule has 2 saturated carbocycles. The van der Waals surface area contributed by atoms with Crippen molar-refractivity contribution in [1.29, 1.82) is 0 Å². The summed E-state index contributed by atoms with van der Waals surface area (Å²) in [5, 5.41) is 3.43. The van der Waals surface area contributed by atoms with Gasteiger partial charge in [0.15, 0.2) is 0 Å². The summed E-state index contributed by atoms with van der Waals surface area (Å²) < 4.78 is 6.30. The maximum atomic E-state index is 12.2. The van der Waals surface area contributed by atoms with Gasteiger partial charge < -0.3 is 10.1 Å². The van der Waals surface area contributed by atoms with Gasteiger partial charge in [0, 0.05) is 19.1 Å². The minimum absolute atomic E-state index is 0.177. The first-order chi connectivity index (χ1) is 11.9. The Labute approximate surface area is 151 Å². The number of carbonyl (C=O) groups is 1. The molecule has 1 spiro atoms. The summed E-state index contributed by atoms with van der Waals surface area (Å²) in [6, 6.07) is 9.11. The second-order valence-electron chi connectivity index (χ2n) is 9.10. The molecule has 136 valence electrons. The minimum Gasteiger partial charge on any atom is -0.373 e. The van der Waals surface area contributed by atoms with Gasteiger partial charge in [-0.1, -0.05) is 50.6 Å².